The molecule has 1 aromatic heterocycles. The SMILES string of the molecule is CN(C)CC#CCNC(=O)c1noc2c1CCCC2. The number of carbonyl (C=O) groups excluding carboxylic acids is 1. The second-order valence-electron chi connectivity index (χ2n) is 4.91. The van der Waals surface area contributed by atoms with Crippen LogP contribution < -0.4 is 5.32 Å². The van der Waals surface area contributed by atoms with Gasteiger partial charge in [0.2, 0.25) is 0 Å². The first-order chi connectivity index (χ1) is 9.18. The zero-order valence-electron chi connectivity index (χ0n) is 11.5. The minimum Gasteiger partial charge on any atom is -0.360 e. The van der Waals surface area contributed by atoms with E-state index in [0.717, 1.165) is 37.0 Å². The highest BCUT2D eigenvalue weighted by Crippen LogP contribution is 2.23. The van der Waals surface area contributed by atoms with E-state index in [1.54, 1.807) is 0 Å². The molecule has 2 rings (SSSR count). The van der Waals surface area contributed by atoms with E-state index >= 15 is 0 Å². The molecule has 102 valence electrons. The van der Waals surface area contributed by atoms with Gasteiger partial charge in [-0.3, -0.25) is 9.69 Å². The summed E-state index contributed by atoms with van der Waals surface area (Å²) < 4.78 is 5.21. The standard InChI is InChI=1S/C14H19N3O2/c1-17(2)10-6-5-9-15-14(18)13-11-7-3-4-8-12(11)19-16-13/h3-4,7-10H2,1-2H3,(H,15,18). The van der Waals surface area contributed by atoms with Crippen molar-refractivity contribution in [1.29, 1.82) is 0 Å². The Morgan fingerprint density at radius 3 is 2.95 bits per heavy atom. The Morgan fingerprint density at radius 2 is 2.16 bits per heavy atom. The van der Waals surface area contributed by atoms with Crippen LogP contribution in [-0.4, -0.2) is 43.1 Å². The maximum Gasteiger partial charge on any atom is 0.274 e. The maximum atomic E-state index is 12.0. The van der Waals surface area contributed by atoms with Crippen molar-refractivity contribution in [2.75, 3.05) is 27.2 Å². The van der Waals surface area contributed by atoms with Crippen LogP contribution in [0.2, 0.25) is 0 Å². The van der Waals surface area contributed by atoms with Crippen molar-refractivity contribution in [3.8, 4) is 11.8 Å². The smallest absolute Gasteiger partial charge is 0.274 e. The van der Waals surface area contributed by atoms with E-state index in [-0.39, 0.29) is 5.91 Å². The van der Waals surface area contributed by atoms with Crippen molar-refractivity contribution in [3.63, 3.8) is 0 Å². The van der Waals surface area contributed by atoms with E-state index in [1.807, 2.05) is 19.0 Å². The summed E-state index contributed by atoms with van der Waals surface area (Å²) in [5.41, 5.74) is 1.41. The van der Waals surface area contributed by atoms with Gasteiger partial charge in [0.25, 0.3) is 5.91 Å². The van der Waals surface area contributed by atoms with Crippen LogP contribution in [0.5, 0.6) is 0 Å². The van der Waals surface area contributed by atoms with Gasteiger partial charge >= 0.3 is 0 Å². The molecule has 0 spiro atoms. The summed E-state index contributed by atoms with van der Waals surface area (Å²) in [5.74, 6) is 6.55. The number of hydrogen-bond donors (Lipinski definition) is 1. The van der Waals surface area contributed by atoms with Gasteiger partial charge in [0, 0.05) is 12.0 Å². The topological polar surface area (TPSA) is 58.4 Å². The Kier molecular flexibility index (Phi) is 4.58. The number of fused-ring (bicyclic) bond motifs is 1. The van der Waals surface area contributed by atoms with Crippen LogP contribution >= 0.6 is 0 Å². The number of aromatic nitrogens is 1. The Balaban J connectivity index is 1.89. The first-order valence-corrected chi connectivity index (χ1v) is 6.54. The zero-order valence-corrected chi connectivity index (χ0v) is 11.5. The predicted octanol–water partition coefficient (Wildman–Crippen LogP) is 0.848. The highest BCUT2D eigenvalue weighted by Gasteiger charge is 2.23. The van der Waals surface area contributed by atoms with Gasteiger partial charge in [0.1, 0.15) is 5.76 Å². The molecule has 0 bridgehead atoms. The average molecular weight is 261 g/mol. The normalized spacial score (nSPS) is 13.6. The quantitative estimate of drug-likeness (QED) is 0.819. The molecule has 0 fully saturated rings. The summed E-state index contributed by atoms with van der Waals surface area (Å²) >= 11 is 0. The van der Waals surface area contributed by atoms with E-state index < -0.39 is 0 Å². The second kappa shape index (κ2) is 6.39. The van der Waals surface area contributed by atoms with Gasteiger partial charge < -0.3 is 9.84 Å². The number of nitrogens with one attached hydrogen (secondary N) is 1. The Bertz CT molecular complexity index is 508. The minimum atomic E-state index is -0.189. The molecule has 0 saturated carbocycles. The van der Waals surface area contributed by atoms with Gasteiger partial charge in [-0.2, -0.15) is 0 Å². The molecule has 0 atom stereocenters. The molecule has 5 nitrogen and oxygen atoms in total. The summed E-state index contributed by atoms with van der Waals surface area (Å²) in [7, 11) is 3.91. The van der Waals surface area contributed by atoms with Crippen molar-refractivity contribution >= 4 is 5.91 Å². The van der Waals surface area contributed by atoms with E-state index in [0.29, 0.717) is 18.8 Å². The molecule has 5 heteroatoms. The zero-order chi connectivity index (χ0) is 13.7. The van der Waals surface area contributed by atoms with Crippen LogP contribution in [0.3, 0.4) is 0 Å². The number of hydrogen-bond acceptors (Lipinski definition) is 4. The minimum absolute atomic E-state index is 0.189. The number of amides is 1. The highest BCUT2D eigenvalue weighted by molar-refractivity contribution is 5.94. The molecule has 1 aliphatic carbocycles. The molecule has 1 aliphatic rings. The van der Waals surface area contributed by atoms with Crippen molar-refractivity contribution in [1.82, 2.24) is 15.4 Å². The van der Waals surface area contributed by atoms with E-state index in [4.69, 9.17) is 4.52 Å². The van der Waals surface area contributed by atoms with Gasteiger partial charge in [-0.25, -0.2) is 0 Å². The lowest BCUT2D eigenvalue weighted by molar-refractivity contribution is 0.0949. The molecule has 1 heterocycles. The van der Waals surface area contributed by atoms with Gasteiger partial charge in [0.15, 0.2) is 5.69 Å². The molecule has 19 heavy (non-hydrogen) atoms. The number of nitrogens with zero attached hydrogens (tertiary/aromatic N) is 2. The first-order valence-electron chi connectivity index (χ1n) is 6.54. The van der Waals surface area contributed by atoms with Crippen LogP contribution in [0, 0.1) is 11.8 Å². The van der Waals surface area contributed by atoms with E-state index in [1.165, 1.54) is 0 Å². The third-order valence-electron chi connectivity index (χ3n) is 3.02. The fourth-order valence-electron chi connectivity index (χ4n) is 2.05. The van der Waals surface area contributed by atoms with Gasteiger partial charge in [0.05, 0.1) is 13.1 Å². The predicted molar refractivity (Wildman–Crippen MR) is 71.8 cm³/mol. The van der Waals surface area contributed by atoms with Crippen molar-refractivity contribution in [3.05, 3.63) is 17.0 Å². The van der Waals surface area contributed by atoms with Crippen LogP contribution in [0.15, 0.2) is 4.52 Å². The largest absolute Gasteiger partial charge is 0.360 e. The highest BCUT2D eigenvalue weighted by atomic mass is 16.5. The fourth-order valence-corrected chi connectivity index (χ4v) is 2.05. The van der Waals surface area contributed by atoms with Gasteiger partial charge in [-0.15, -0.1) is 0 Å². The van der Waals surface area contributed by atoms with Gasteiger partial charge in [-0.1, -0.05) is 17.0 Å². The molecule has 0 radical (unpaired) electrons. The second-order valence-corrected chi connectivity index (χ2v) is 4.91. The van der Waals surface area contributed by atoms with Gasteiger partial charge in [-0.05, 0) is 33.4 Å². The van der Waals surface area contributed by atoms with Crippen LogP contribution in [-0.2, 0) is 12.8 Å². The van der Waals surface area contributed by atoms with Crippen LogP contribution in [0.4, 0.5) is 0 Å². The summed E-state index contributed by atoms with van der Waals surface area (Å²) in [5, 5.41) is 6.64. The van der Waals surface area contributed by atoms with E-state index in [9.17, 15) is 4.79 Å². The van der Waals surface area contributed by atoms with Crippen molar-refractivity contribution < 1.29 is 9.32 Å². The third-order valence-corrected chi connectivity index (χ3v) is 3.02. The lowest BCUT2D eigenvalue weighted by Gasteiger charge is -2.08. The number of carbonyl (C=O) groups is 1. The molecule has 0 aromatic carbocycles. The number of rotatable bonds is 3. The summed E-state index contributed by atoms with van der Waals surface area (Å²) in [6.07, 6.45) is 3.97. The van der Waals surface area contributed by atoms with Crippen molar-refractivity contribution in [2.24, 2.45) is 0 Å². The van der Waals surface area contributed by atoms with Crippen molar-refractivity contribution in [2.45, 2.75) is 25.7 Å². The Hall–Kier alpha value is -1.80. The monoisotopic (exact) mass is 261 g/mol. The average Bonchev–Trinajstić information content (AvgIpc) is 2.81. The summed E-state index contributed by atoms with van der Waals surface area (Å²) in [6.45, 7) is 1.03. The number of aryl methyl sites for hydroxylation is 1. The summed E-state index contributed by atoms with van der Waals surface area (Å²) in [4.78, 5) is 13.9. The molecule has 1 aromatic rings. The fraction of sp³-hybridized carbons (Fsp3) is 0.571. The molecular weight excluding hydrogens is 242 g/mol. The van der Waals surface area contributed by atoms with Crippen LogP contribution in [0.1, 0.15) is 34.7 Å². The molecule has 0 aliphatic heterocycles. The molecule has 1 N–H and O–H groups in total. The van der Waals surface area contributed by atoms with E-state index in [2.05, 4.69) is 22.3 Å². The molecule has 0 saturated heterocycles. The molecular formula is C14H19N3O2. The third kappa shape index (κ3) is 3.58. The Labute approximate surface area is 113 Å². The first kappa shape index (κ1) is 13.6. The lowest BCUT2D eigenvalue weighted by Crippen LogP contribution is -2.25. The maximum absolute atomic E-state index is 12.0. The Morgan fingerprint density at radius 1 is 1.37 bits per heavy atom. The molecule has 1 amide bonds. The lowest BCUT2D eigenvalue weighted by atomic mass is 9.96. The summed E-state index contributed by atoms with van der Waals surface area (Å²) in [6, 6.07) is 0. The molecule has 0 unspecified atom stereocenters. The van der Waals surface area contributed by atoms with Crippen LogP contribution in [0.25, 0.3) is 0 Å².